The molecule has 2 N–H and O–H groups in total. The number of aliphatic hydroxyl groups excluding tert-OH is 1. The molecular weight excluding hydrogens is 180 g/mol. The zero-order valence-corrected chi connectivity index (χ0v) is 8.99. The highest BCUT2D eigenvalue weighted by Crippen LogP contribution is 2.12. The van der Waals surface area contributed by atoms with Gasteiger partial charge in [0, 0.05) is 25.6 Å². The molecule has 1 heterocycles. The molecule has 82 valence electrons. The van der Waals surface area contributed by atoms with Gasteiger partial charge >= 0.3 is 0 Å². The average Bonchev–Trinajstić information content (AvgIpc) is 2.60. The van der Waals surface area contributed by atoms with Crippen molar-refractivity contribution in [1.29, 1.82) is 0 Å². The maximum Gasteiger partial charge on any atom is 0.226 e. The molecule has 1 unspecified atom stereocenters. The van der Waals surface area contributed by atoms with Gasteiger partial charge in [0.05, 0.1) is 6.10 Å². The molecule has 1 rings (SSSR count). The Morgan fingerprint density at radius 1 is 1.71 bits per heavy atom. The Bertz CT molecular complexity index is 197. The monoisotopic (exact) mass is 200 g/mol. The first-order chi connectivity index (χ1) is 6.65. The van der Waals surface area contributed by atoms with Gasteiger partial charge in [-0.25, -0.2) is 0 Å². The number of likely N-dealkylation sites (tertiary alicyclic amines) is 1. The number of carbonyl (C=O) groups excluding carboxylic acids is 1. The van der Waals surface area contributed by atoms with E-state index in [0.29, 0.717) is 13.1 Å². The second-order valence-electron chi connectivity index (χ2n) is 3.94. The van der Waals surface area contributed by atoms with Crippen molar-refractivity contribution in [3.8, 4) is 0 Å². The second kappa shape index (κ2) is 5.32. The van der Waals surface area contributed by atoms with Gasteiger partial charge in [0.25, 0.3) is 0 Å². The minimum atomic E-state index is -0.315. The van der Waals surface area contributed by atoms with Crippen molar-refractivity contribution in [2.75, 3.05) is 26.2 Å². The molecule has 1 aliphatic rings. The smallest absolute Gasteiger partial charge is 0.226 e. The van der Waals surface area contributed by atoms with E-state index in [9.17, 15) is 9.90 Å². The lowest BCUT2D eigenvalue weighted by Crippen LogP contribution is -2.38. The van der Waals surface area contributed by atoms with Crippen LogP contribution < -0.4 is 5.32 Å². The molecule has 0 aliphatic carbocycles. The molecule has 1 aliphatic heterocycles. The number of aliphatic hydroxyl groups is 1. The third kappa shape index (κ3) is 2.96. The summed E-state index contributed by atoms with van der Waals surface area (Å²) in [6, 6.07) is 0. The molecule has 1 saturated heterocycles. The first-order valence-electron chi connectivity index (χ1n) is 5.32. The maximum absolute atomic E-state index is 11.8. The largest absolute Gasteiger partial charge is 0.391 e. The number of amides is 1. The lowest BCUT2D eigenvalue weighted by atomic mass is 10.1. The maximum atomic E-state index is 11.8. The molecule has 1 fully saturated rings. The van der Waals surface area contributed by atoms with Crippen molar-refractivity contribution in [3.63, 3.8) is 0 Å². The Morgan fingerprint density at radius 3 is 2.93 bits per heavy atom. The molecule has 0 spiro atoms. The molecule has 0 aromatic rings. The predicted molar refractivity (Wildman–Crippen MR) is 54.9 cm³/mol. The average molecular weight is 200 g/mol. The fourth-order valence-corrected chi connectivity index (χ4v) is 1.70. The predicted octanol–water partition coefficient (Wildman–Crippen LogP) is -0.175. The van der Waals surface area contributed by atoms with Crippen LogP contribution in [0, 0.1) is 5.92 Å². The van der Waals surface area contributed by atoms with Crippen LogP contribution in [0.1, 0.15) is 20.3 Å². The number of nitrogens with zero attached hydrogens (tertiary/aromatic N) is 1. The van der Waals surface area contributed by atoms with E-state index in [1.54, 1.807) is 4.90 Å². The first kappa shape index (κ1) is 11.5. The number of carbonyl (C=O) groups is 1. The van der Waals surface area contributed by atoms with Crippen molar-refractivity contribution < 1.29 is 9.90 Å². The summed E-state index contributed by atoms with van der Waals surface area (Å²) in [6.07, 6.45) is 0.407. The number of hydrogen-bond donors (Lipinski definition) is 2. The summed E-state index contributed by atoms with van der Waals surface area (Å²) in [6.45, 7) is 6.78. The third-order valence-corrected chi connectivity index (χ3v) is 2.60. The van der Waals surface area contributed by atoms with Gasteiger partial charge in [0.1, 0.15) is 0 Å². The molecular formula is C10H20N2O2. The summed E-state index contributed by atoms with van der Waals surface area (Å²) in [7, 11) is 0. The van der Waals surface area contributed by atoms with Gasteiger partial charge in [0.2, 0.25) is 5.91 Å². The zero-order chi connectivity index (χ0) is 10.6. The summed E-state index contributed by atoms with van der Waals surface area (Å²) in [5.41, 5.74) is 0. The number of β-amino-alcohol motifs (C(OH)–C–C–N with tert-alkyl or cyclic N) is 1. The molecule has 0 bridgehead atoms. The highest BCUT2D eigenvalue weighted by Gasteiger charge is 2.27. The molecule has 4 nitrogen and oxygen atoms in total. The van der Waals surface area contributed by atoms with Crippen LogP contribution in [0.2, 0.25) is 0 Å². The normalized spacial score (nSPS) is 23.9. The molecule has 0 aromatic heterocycles. The van der Waals surface area contributed by atoms with Crippen molar-refractivity contribution in [2.45, 2.75) is 26.4 Å². The SMILES string of the molecule is CCNCC(C)C(=O)N1CC[C@H](O)C1. The van der Waals surface area contributed by atoms with Crippen molar-refractivity contribution in [3.05, 3.63) is 0 Å². The van der Waals surface area contributed by atoms with Gasteiger partial charge in [-0.2, -0.15) is 0 Å². The quantitative estimate of drug-likeness (QED) is 0.662. The van der Waals surface area contributed by atoms with E-state index in [1.807, 2.05) is 13.8 Å². The molecule has 14 heavy (non-hydrogen) atoms. The Morgan fingerprint density at radius 2 is 2.43 bits per heavy atom. The Hall–Kier alpha value is -0.610. The molecule has 0 saturated carbocycles. The van der Waals surface area contributed by atoms with Gasteiger partial charge in [-0.1, -0.05) is 13.8 Å². The van der Waals surface area contributed by atoms with E-state index in [1.165, 1.54) is 0 Å². The molecule has 1 amide bonds. The summed E-state index contributed by atoms with van der Waals surface area (Å²) >= 11 is 0. The van der Waals surface area contributed by atoms with Crippen molar-refractivity contribution in [1.82, 2.24) is 10.2 Å². The number of rotatable bonds is 4. The van der Waals surface area contributed by atoms with Crippen LogP contribution >= 0.6 is 0 Å². The van der Waals surface area contributed by atoms with Crippen LogP contribution in [0.4, 0.5) is 0 Å². The van der Waals surface area contributed by atoms with Gasteiger partial charge < -0.3 is 15.3 Å². The van der Waals surface area contributed by atoms with Crippen molar-refractivity contribution >= 4 is 5.91 Å². The summed E-state index contributed by atoms with van der Waals surface area (Å²) < 4.78 is 0. The highest BCUT2D eigenvalue weighted by atomic mass is 16.3. The standard InChI is InChI=1S/C10H20N2O2/c1-3-11-6-8(2)10(14)12-5-4-9(13)7-12/h8-9,11,13H,3-7H2,1-2H3/t8?,9-/m0/s1. The summed E-state index contributed by atoms with van der Waals surface area (Å²) in [5, 5.41) is 12.5. The Labute approximate surface area is 85.3 Å². The lowest BCUT2D eigenvalue weighted by molar-refractivity contribution is -0.134. The van der Waals surface area contributed by atoms with Crippen LogP contribution in [0.25, 0.3) is 0 Å². The topological polar surface area (TPSA) is 52.6 Å². The molecule has 0 aromatic carbocycles. The minimum Gasteiger partial charge on any atom is -0.391 e. The van der Waals surface area contributed by atoms with E-state index in [2.05, 4.69) is 5.32 Å². The van der Waals surface area contributed by atoms with E-state index >= 15 is 0 Å². The highest BCUT2D eigenvalue weighted by molar-refractivity contribution is 5.79. The van der Waals surface area contributed by atoms with E-state index in [-0.39, 0.29) is 17.9 Å². The zero-order valence-electron chi connectivity index (χ0n) is 8.99. The molecule has 0 radical (unpaired) electrons. The minimum absolute atomic E-state index is 0.0141. The van der Waals surface area contributed by atoms with Gasteiger partial charge in [0.15, 0.2) is 0 Å². The van der Waals surface area contributed by atoms with Crippen LogP contribution in [0.3, 0.4) is 0 Å². The van der Waals surface area contributed by atoms with E-state index in [4.69, 9.17) is 0 Å². The van der Waals surface area contributed by atoms with Crippen LogP contribution in [-0.4, -0.2) is 48.2 Å². The third-order valence-electron chi connectivity index (χ3n) is 2.60. The number of hydrogen-bond acceptors (Lipinski definition) is 3. The Balaban J connectivity index is 2.32. The number of nitrogens with one attached hydrogen (secondary N) is 1. The first-order valence-corrected chi connectivity index (χ1v) is 5.32. The summed E-state index contributed by atoms with van der Waals surface area (Å²) in [5.74, 6) is 0.169. The van der Waals surface area contributed by atoms with Gasteiger partial charge in [-0.15, -0.1) is 0 Å². The van der Waals surface area contributed by atoms with E-state index < -0.39 is 0 Å². The Kier molecular flexibility index (Phi) is 4.35. The van der Waals surface area contributed by atoms with Gasteiger partial charge in [-0.3, -0.25) is 4.79 Å². The van der Waals surface area contributed by atoms with E-state index in [0.717, 1.165) is 19.5 Å². The lowest BCUT2D eigenvalue weighted by Gasteiger charge is -2.20. The second-order valence-corrected chi connectivity index (χ2v) is 3.94. The molecule has 2 atom stereocenters. The van der Waals surface area contributed by atoms with Crippen LogP contribution in [-0.2, 0) is 4.79 Å². The van der Waals surface area contributed by atoms with Gasteiger partial charge in [-0.05, 0) is 13.0 Å². The van der Waals surface area contributed by atoms with Crippen LogP contribution in [0.15, 0.2) is 0 Å². The fraction of sp³-hybridized carbons (Fsp3) is 0.900. The fourth-order valence-electron chi connectivity index (χ4n) is 1.70. The van der Waals surface area contributed by atoms with Crippen molar-refractivity contribution in [2.24, 2.45) is 5.92 Å². The summed E-state index contributed by atoms with van der Waals surface area (Å²) in [4.78, 5) is 13.5. The molecule has 4 heteroatoms. The van der Waals surface area contributed by atoms with Crippen LogP contribution in [0.5, 0.6) is 0 Å².